The van der Waals surface area contributed by atoms with Crippen molar-refractivity contribution in [2.45, 2.75) is 31.1 Å². The zero-order valence-electron chi connectivity index (χ0n) is 11.4. The highest BCUT2D eigenvalue weighted by molar-refractivity contribution is 7.93. The van der Waals surface area contributed by atoms with Gasteiger partial charge >= 0.3 is 0 Å². The van der Waals surface area contributed by atoms with Crippen molar-refractivity contribution < 1.29 is 13.2 Å². The minimum atomic E-state index is -3.31. The third kappa shape index (κ3) is 2.97. The SMILES string of the molecule is O=S(=O)(Nc1ccc2c(c1)CNCC2)C1CCOCC1. The zero-order chi connectivity index (χ0) is 14.0. The molecular weight excluding hydrogens is 276 g/mol. The summed E-state index contributed by atoms with van der Waals surface area (Å²) in [5, 5.41) is 2.96. The molecule has 20 heavy (non-hydrogen) atoms. The number of anilines is 1. The Balaban J connectivity index is 1.76. The first-order valence-corrected chi connectivity index (χ1v) is 8.62. The molecule has 3 rings (SSSR count). The van der Waals surface area contributed by atoms with Crippen molar-refractivity contribution in [3.05, 3.63) is 29.3 Å². The van der Waals surface area contributed by atoms with Gasteiger partial charge in [0.2, 0.25) is 10.0 Å². The largest absolute Gasteiger partial charge is 0.381 e. The lowest BCUT2D eigenvalue weighted by Gasteiger charge is -2.23. The molecule has 0 unspecified atom stereocenters. The molecule has 2 aliphatic rings. The average molecular weight is 296 g/mol. The quantitative estimate of drug-likeness (QED) is 0.881. The van der Waals surface area contributed by atoms with Gasteiger partial charge in [-0.25, -0.2) is 8.42 Å². The van der Waals surface area contributed by atoms with E-state index in [1.165, 1.54) is 11.1 Å². The Bertz CT molecular complexity index is 580. The Labute approximate surface area is 119 Å². The van der Waals surface area contributed by atoms with Gasteiger partial charge in [0.15, 0.2) is 0 Å². The lowest BCUT2D eigenvalue weighted by Crippen LogP contribution is -2.33. The predicted molar refractivity (Wildman–Crippen MR) is 78.2 cm³/mol. The van der Waals surface area contributed by atoms with E-state index < -0.39 is 10.0 Å². The van der Waals surface area contributed by atoms with Crippen LogP contribution in [-0.4, -0.2) is 33.4 Å². The molecule has 0 bridgehead atoms. The fraction of sp³-hybridized carbons (Fsp3) is 0.571. The van der Waals surface area contributed by atoms with Gasteiger partial charge in [0.25, 0.3) is 0 Å². The van der Waals surface area contributed by atoms with Crippen LogP contribution in [0.2, 0.25) is 0 Å². The molecule has 0 aliphatic carbocycles. The highest BCUT2D eigenvalue weighted by atomic mass is 32.2. The van der Waals surface area contributed by atoms with E-state index in [1.54, 1.807) is 0 Å². The second-order valence-corrected chi connectivity index (χ2v) is 7.33. The molecule has 6 heteroatoms. The van der Waals surface area contributed by atoms with Crippen LogP contribution < -0.4 is 10.0 Å². The number of fused-ring (bicyclic) bond motifs is 1. The number of nitrogens with one attached hydrogen (secondary N) is 2. The lowest BCUT2D eigenvalue weighted by molar-refractivity contribution is 0.0984. The number of hydrogen-bond donors (Lipinski definition) is 2. The zero-order valence-corrected chi connectivity index (χ0v) is 12.2. The summed E-state index contributed by atoms with van der Waals surface area (Å²) < 4.78 is 32.6. The van der Waals surface area contributed by atoms with Crippen molar-refractivity contribution in [3.63, 3.8) is 0 Å². The van der Waals surface area contributed by atoms with Gasteiger partial charge in [-0.3, -0.25) is 4.72 Å². The van der Waals surface area contributed by atoms with Crippen molar-refractivity contribution in [2.75, 3.05) is 24.5 Å². The van der Waals surface area contributed by atoms with E-state index in [9.17, 15) is 8.42 Å². The molecule has 2 aliphatic heterocycles. The Hall–Kier alpha value is -1.11. The highest BCUT2D eigenvalue weighted by Gasteiger charge is 2.27. The molecule has 0 radical (unpaired) electrons. The van der Waals surface area contributed by atoms with Crippen LogP contribution in [0.25, 0.3) is 0 Å². The van der Waals surface area contributed by atoms with E-state index in [4.69, 9.17) is 4.74 Å². The third-order valence-electron chi connectivity index (χ3n) is 3.96. The van der Waals surface area contributed by atoms with E-state index in [-0.39, 0.29) is 5.25 Å². The minimum absolute atomic E-state index is 0.342. The number of hydrogen-bond acceptors (Lipinski definition) is 4. The van der Waals surface area contributed by atoms with Crippen molar-refractivity contribution in [3.8, 4) is 0 Å². The molecule has 2 N–H and O–H groups in total. The summed E-state index contributed by atoms with van der Waals surface area (Å²) in [4.78, 5) is 0. The Morgan fingerprint density at radius 3 is 2.80 bits per heavy atom. The van der Waals surface area contributed by atoms with Gasteiger partial charge < -0.3 is 10.1 Å². The molecule has 110 valence electrons. The Morgan fingerprint density at radius 1 is 1.20 bits per heavy atom. The summed E-state index contributed by atoms with van der Waals surface area (Å²) in [6, 6.07) is 5.83. The summed E-state index contributed by atoms with van der Waals surface area (Å²) in [6.07, 6.45) is 2.14. The van der Waals surface area contributed by atoms with Crippen LogP contribution in [0.3, 0.4) is 0 Å². The van der Waals surface area contributed by atoms with E-state index in [1.807, 2.05) is 18.2 Å². The van der Waals surface area contributed by atoms with E-state index in [0.29, 0.717) is 31.7 Å². The molecule has 0 atom stereocenters. The molecular formula is C14H20N2O3S. The third-order valence-corrected chi connectivity index (χ3v) is 5.83. The second kappa shape index (κ2) is 5.71. The van der Waals surface area contributed by atoms with Gasteiger partial charge in [-0.15, -0.1) is 0 Å². The van der Waals surface area contributed by atoms with Gasteiger partial charge in [-0.1, -0.05) is 6.07 Å². The van der Waals surface area contributed by atoms with Crippen molar-refractivity contribution in [1.29, 1.82) is 0 Å². The van der Waals surface area contributed by atoms with Gasteiger partial charge in [0.1, 0.15) is 0 Å². The molecule has 1 aromatic carbocycles. The molecule has 0 aromatic heterocycles. The van der Waals surface area contributed by atoms with Crippen molar-refractivity contribution >= 4 is 15.7 Å². The van der Waals surface area contributed by atoms with Crippen molar-refractivity contribution in [2.24, 2.45) is 0 Å². The Morgan fingerprint density at radius 2 is 2.00 bits per heavy atom. The van der Waals surface area contributed by atoms with E-state index >= 15 is 0 Å². The number of sulfonamides is 1. The van der Waals surface area contributed by atoms with Crippen LogP contribution in [0.15, 0.2) is 18.2 Å². The first-order valence-electron chi connectivity index (χ1n) is 7.07. The van der Waals surface area contributed by atoms with Crippen molar-refractivity contribution in [1.82, 2.24) is 5.32 Å². The summed E-state index contributed by atoms with van der Waals surface area (Å²) >= 11 is 0. The topological polar surface area (TPSA) is 67.4 Å². The maximum Gasteiger partial charge on any atom is 0.235 e. The maximum absolute atomic E-state index is 12.3. The first-order chi connectivity index (χ1) is 9.65. The Kier molecular flexibility index (Phi) is 3.96. The van der Waals surface area contributed by atoms with Crippen LogP contribution in [0.5, 0.6) is 0 Å². The van der Waals surface area contributed by atoms with Gasteiger partial charge in [-0.2, -0.15) is 0 Å². The summed E-state index contributed by atoms with van der Waals surface area (Å²) in [5.74, 6) is 0. The predicted octanol–water partition coefficient (Wildman–Crippen LogP) is 1.25. The van der Waals surface area contributed by atoms with E-state index in [0.717, 1.165) is 19.5 Å². The van der Waals surface area contributed by atoms with Crippen LogP contribution in [0.4, 0.5) is 5.69 Å². The monoisotopic (exact) mass is 296 g/mol. The molecule has 2 heterocycles. The van der Waals surface area contributed by atoms with Gasteiger partial charge in [0.05, 0.1) is 5.25 Å². The van der Waals surface area contributed by atoms with Gasteiger partial charge in [0, 0.05) is 25.4 Å². The highest BCUT2D eigenvalue weighted by Crippen LogP contribution is 2.23. The molecule has 5 nitrogen and oxygen atoms in total. The summed E-state index contributed by atoms with van der Waals surface area (Å²) in [5.41, 5.74) is 3.15. The van der Waals surface area contributed by atoms with Crippen LogP contribution in [0.1, 0.15) is 24.0 Å². The molecule has 0 saturated carbocycles. The van der Waals surface area contributed by atoms with Crippen LogP contribution in [0, 0.1) is 0 Å². The summed E-state index contributed by atoms with van der Waals surface area (Å²) in [7, 11) is -3.31. The maximum atomic E-state index is 12.3. The molecule has 1 saturated heterocycles. The number of rotatable bonds is 3. The minimum Gasteiger partial charge on any atom is -0.381 e. The smallest absolute Gasteiger partial charge is 0.235 e. The molecule has 1 fully saturated rings. The normalized spacial score (nSPS) is 20.4. The fourth-order valence-corrected chi connectivity index (χ4v) is 4.21. The average Bonchev–Trinajstić information content (AvgIpc) is 2.48. The van der Waals surface area contributed by atoms with E-state index in [2.05, 4.69) is 10.0 Å². The summed E-state index contributed by atoms with van der Waals surface area (Å²) in [6.45, 7) is 2.85. The molecule has 1 aromatic rings. The first kappa shape index (κ1) is 13.9. The standard InChI is InChI=1S/C14H20N2O3S/c17-20(18,14-4-7-19-8-5-14)16-13-2-1-11-3-6-15-10-12(11)9-13/h1-2,9,14-16H,3-8,10H2. The lowest BCUT2D eigenvalue weighted by atomic mass is 10.0. The number of ether oxygens (including phenoxy) is 1. The number of benzene rings is 1. The second-order valence-electron chi connectivity index (χ2n) is 5.37. The molecule has 0 amide bonds. The van der Waals surface area contributed by atoms with Crippen LogP contribution >= 0.6 is 0 Å². The van der Waals surface area contributed by atoms with Gasteiger partial charge in [-0.05, 0) is 49.1 Å². The fourth-order valence-electron chi connectivity index (χ4n) is 2.78. The molecule has 0 spiro atoms. The van der Waals surface area contributed by atoms with Crippen LogP contribution in [-0.2, 0) is 27.7 Å².